The van der Waals surface area contributed by atoms with Crippen molar-refractivity contribution in [1.29, 1.82) is 0 Å². The van der Waals surface area contributed by atoms with Crippen LogP contribution in [-0.2, 0) is 10.9 Å². The Kier molecular flexibility index (Phi) is 6.15. The number of carbonyl (C=O) groups excluding carboxylic acids is 1. The first-order valence-corrected chi connectivity index (χ1v) is 10.6. The fourth-order valence-corrected chi connectivity index (χ4v) is 4.02. The van der Waals surface area contributed by atoms with Gasteiger partial charge in [-0.15, -0.1) is 0 Å². The number of carbonyl (C=O) groups is 1. The van der Waals surface area contributed by atoms with E-state index in [0.29, 0.717) is 42.4 Å². The van der Waals surface area contributed by atoms with Gasteiger partial charge in [0.15, 0.2) is 0 Å². The Morgan fingerprint density at radius 1 is 1.06 bits per heavy atom. The maximum atomic E-state index is 13.4. The van der Waals surface area contributed by atoms with E-state index >= 15 is 0 Å². The van der Waals surface area contributed by atoms with Crippen LogP contribution in [0.5, 0.6) is 0 Å². The minimum Gasteiger partial charge on any atom is -0.462 e. The lowest BCUT2D eigenvalue weighted by atomic mass is 10.0. The summed E-state index contributed by atoms with van der Waals surface area (Å²) in [7, 11) is 0. The van der Waals surface area contributed by atoms with Crippen LogP contribution in [0.15, 0.2) is 48.7 Å². The summed E-state index contributed by atoms with van der Waals surface area (Å²) in [5.41, 5.74) is 1.21. The fourth-order valence-electron chi connectivity index (χ4n) is 3.89. The van der Waals surface area contributed by atoms with Crippen molar-refractivity contribution in [2.45, 2.75) is 13.1 Å². The molecule has 3 aromatic rings. The third-order valence-electron chi connectivity index (χ3n) is 5.45. The van der Waals surface area contributed by atoms with Crippen LogP contribution in [0.2, 0.25) is 5.02 Å². The number of piperazine rings is 1. The summed E-state index contributed by atoms with van der Waals surface area (Å²) in [5, 5.41) is 0.931. The normalized spacial score (nSPS) is 14.7. The first-order chi connectivity index (χ1) is 15.3. The SMILES string of the molecule is CCOC(=O)c1cnc2ccc(C(F)(F)F)cc2c1N1CCN(c2ccc(Cl)cc2)CC1. The number of fused-ring (bicyclic) bond motifs is 1. The zero-order valence-electron chi connectivity index (χ0n) is 17.3. The Labute approximate surface area is 188 Å². The second-order valence-electron chi connectivity index (χ2n) is 7.42. The summed E-state index contributed by atoms with van der Waals surface area (Å²) in [6.07, 6.45) is -3.12. The number of pyridine rings is 1. The van der Waals surface area contributed by atoms with Crippen LogP contribution in [0.3, 0.4) is 0 Å². The van der Waals surface area contributed by atoms with Gasteiger partial charge in [-0.3, -0.25) is 4.98 Å². The second kappa shape index (κ2) is 8.86. The van der Waals surface area contributed by atoms with Crippen LogP contribution in [0.1, 0.15) is 22.8 Å². The van der Waals surface area contributed by atoms with Gasteiger partial charge in [0.05, 0.1) is 23.4 Å². The Balaban J connectivity index is 1.72. The van der Waals surface area contributed by atoms with Gasteiger partial charge in [0.2, 0.25) is 0 Å². The van der Waals surface area contributed by atoms with Gasteiger partial charge in [0, 0.05) is 48.5 Å². The number of halogens is 4. The molecule has 0 atom stereocenters. The van der Waals surface area contributed by atoms with Gasteiger partial charge in [-0.25, -0.2) is 4.79 Å². The first kappa shape index (κ1) is 22.2. The zero-order chi connectivity index (χ0) is 22.9. The first-order valence-electron chi connectivity index (χ1n) is 10.2. The molecule has 9 heteroatoms. The molecule has 0 saturated carbocycles. The fraction of sp³-hybridized carbons (Fsp3) is 0.304. The summed E-state index contributed by atoms with van der Waals surface area (Å²) in [4.78, 5) is 20.9. The minimum atomic E-state index is -4.50. The lowest BCUT2D eigenvalue weighted by Gasteiger charge is -2.38. The quantitative estimate of drug-likeness (QED) is 0.484. The number of hydrogen-bond acceptors (Lipinski definition) is 5. The molecule has 168 valence electrons. The Morgan fingerprint density at radius 2 is 1.72 bits per heavy atom. The van der Waals surface area contributed by atoms with Gasteiger partial charge in [-0.05, 0) is 49.4 Å². The van der Waals surface area contributed by atoms with Gasteiger partial charge in [-0.2, -0.15) is 13.2 Å². The van der Waals surface area contributed by atoms with Gasteiger partial charge < -0.3 is 14.5 Å². The number of hydrogen-bond donors (Lipinski definition) is 0. The van der Waals surface area contributed by atoms with Crippen molar-refractivity contribution in [2.75, 3.05) is 42.6 Å². The molecule has 1 aromatic heterocycles. The van der Waals surface area contributed by atoms with E-state index in [9.17, 15) is 18.0 Å². The summed E-state index contributed by atoms with van der Waals surface area (Å²) >= 11 is 5.97. The number of anilines is 2. The number of nitrogens with zero attached hydrogens (tertiary/aromatic N) is 3. The van der Waals surface area contributed by atoms with E-state index < -0.39 is 17.7 Å². The Bertz CT molecular complexity index is 1130. The van der Waals surface area contributed by atoms with E-state index in [4.69, 9.17) is 16.3 Å². The van der Waals surface area contributed by atoms with Crippen molar-refractivity contribution < 1.29 is 22.7 Å². The molecule has 1 saturated heterocycles. The third kappa shape index (κ3) is 4.46. The molecule has 5 nitrogen and oxygen atoms in total. The van der Waals surface area contributed by atoms with E-state index in [2.05, 4.69) is 9.88 Å². The van der Waals surface area contributed by atoms with Crippen molar-refractivity contribution in [3.05, 3.63) is 64.8 Å². The average molecular weight is 464 g/mol. The van der Waals surface area contributed by atoms with Crippen molar-refractivity contribution in [3.8, 4) is 0 Å². The van der Waals surface area contributed by atoms with Crippen molar-refractivity contribution >= 4 is 39.8 Å². The van der Waals surface area contributed by atoms with Crippen LogP contribution in [0.4, 0.5) is 24.5 Å². The Morgan fingerprint density at radius 3 is 2.34 bits per heavy atom. The highest BCUT2D eigenvalue weighted by molar-refractivity contribution is 6.30. The lowest BCUT2D eigenvalue weighted by molar-refractivity contribution is -0.137. The molecule has 0 bridgehead atoms. The monoisotopic (exact) mass is 463 g/mol. The molecule has 0 spiro atoms. The summed E-state index contributed by atoms with van der Waals surface area (Å²) in [6.45, 7) is 4.13. The minimum absolute atomic E-state index is 0.156. The summed E-state index contributed by atoms with van der Waals surface area (Å²) in [6, 6.07) is 10.9. The third-order valence-corrected chi connectivity index (χ3v) is 5.70. The molecule has 2 heterocycles. The lowest BCUT2D eigenvalue weighted by Crippen LogP contribution is -2.47. The van der Waals surface area contributed by atoms with Gasteiger partial charge in [0.25, 0.3) is 0 Å². The molecular formula is C23H21ClF3N3O2. The van der Waals surface area contributed by atoms with Gasteiger partial charge in [-0.1, -0.05) is 11.6 Å². The van der Waals surface area contributed by atoms with Crippen LogP contribution < -0.4 is 9.80 Å². The number of rotatable bonds is 4. The van der Waals surface area contributed by atoms with Crippen LogP contribution in [0, 0.1) is 0 Å². The predicted octanol–water partition coefficient (Wildman–Crippen LogP) is 5.41. The summed E-state index contributed by atoms with van der Waals surface area (Å²) < 4.78 is 45.3. The maximum absolute atomic E-state index is 13.4. The number of alkyl halides is 3. The molecular weight excluding hydrogens is 443 g/mol. The smallest absolute Gasteiger partial charge is 0.416 e. The highest BCUT2D eigenvalue weighted by Gasteiger charge is 2.32. The maximum Gasteiger partial charge on any atom is 0.416 e. The van der Waals surface area contributed by atoms with Crippen molar-refractivity contribution in [1.82, 2.24) is 4.98 Å². The van der Waals surface area contributed by atoms with Crippen LogP contribution in [0.25, 0.3) is 10.9 Å². The number of esters is 1. The van der Waals surface area contributed by atoms with E-state index in [0.717, 1.165) is 17.8 Å². The van der Waals surface area contributed by atoms with Gasteiger partial charge in [0.1, 0.15) is 5.56 Å². The molecule has 0 N–H and O–H groups in total. The van der Waals surface area contributed by atoms with E-state index in [1.165, 1.54) is 12.3 Å². The molecule has 1 aliphatic rings. The molecule has 32 heavy (non-hydrogen) atoms. The van der Waals surface area contributed by atoms with E-state index in [-0.39, 0.29) is 17.6 Å². The van der Waals surface area contributed by atoms with Crippen LogP contribution in [-0.4, -0.2) is 43.7 Å². The molecule has 1 aliphatic heterocycles. The average Bonchev–Trinajstić information content (AvgIpc) is 2.78. The number of benzene rings is 2. The highest BCUT2D eigenvalue weighted by Crippen LogP contribution is 2.36. The number of ether oxygens (including phenoxy) is 1. The second-order valence-corrected chi connectivity index (χ2v) is 7.86. The molecule has 0 aliphatic carbocycles. The molecule has 4 rings (SSSR count). The van der Waals surface area contributed by atoms with Gasteiger partial charge >= 0.3 is 12.1 Å². The van der Waals surface area contributed by atoms with E-state index in [1.807, 2.05) is 29.2 Å². The largest absolute Gasteiger partial charge is 0.462 e. The van der Waals surface area contributed by atoms with E-state index in [1.54, 1.807) is 6.92 Å². The predicted molar refractivity (Wildman–Crippen MR) is 119 cm³/mol. The molecule has 0 amide bonds. The molecule has 0 unspecified atom stereocenters. The van der Waals surface area contributed by atoms with Crippen LogP contribution >= 0.6 is 11.6 Å². The Hall–Kier alpha value is -3.00. The summed E-state index contributed by atoms with van der Waals surface area (Å²) in [5.74, 6) is -0.602. The molecule has 0 radical (unpaired) electrons. The topological polar surface area (TPSA) is 45.7 Å². The zero-order valence-corrected chi connectivity index (χ0v) is 18.1. The standard InChI is InChI=1S/C23H21ClF3N3O2/c1-2-32-22(31)19-14-28-20-8-3-15(23(25,26)27)13-18(20)21(19)30-11-9-29(10-12-30)17-6-4-16(24)5-7-17/h3-8,13-14H,2,9-12H2,1H3. The molecule has 1 fully saturated rings. The highest BCUT2D eigenvalue weighted by atomic mass is 35.5. The molecule has 2 aromatic carbocycles. The van der Waals surface area contributed by atoms with Crippen molar-refractivity contribution in [2.24, 2.45) is 0 Å². The van der Waals surface area contributed by atoms with Crippen molar-refractivity contribution in [3.63, 3.8) is 0 Å². The number of aromatic nitrogens is 1.